The van der Waals surface area contributed by atoms with Gasteiger partial charge in [-0.3, -0.25) is 4.79 Å². The van der Waals surface area contributed by atoms with E-state index in [9.17, 15) is 4.79 Å². The molecule has 2 aliphatic rings. The standard InChI is InChI=1S/C26H31N5O2/c1-19-17-30(18-28-19)24-10-9-22(15-25(24)33-2)31-14-11-23(26(31)32)27-16-20-5-7-21(8-6-20)29-12-3-4-13-29/h5-10,15,17-18,23,27H,3-4,11-14,16H2,1-2H3. The quantitative estimate of drug-likeness (QED) is 0.601. The van der Waals surface area contributed by atoms with Gasteiger partial charge in [0.2, 0.25) is 5.91 Å². The molecular weight excluding hydrogens is 414 g/mol. The maximum atomic E-state index is 13.1. The van der Waals surface area contributed by atoms with Crippen molar-refractivity contribution in [1.82, 2.24) is 14.9 Å². The molecule has 2 fully saturated rings. The summed E-state index contributed by atoms with van der Waals surface area (Å²) >= 11 is 0. The summed E-state index contributed by atoms with van der Waals surface area (Å²) in [6.07, 6.45) is 7.07. The van der Waals surface area contributed by atoms with Crippen LogP contribution in [0.1, 0.15) is 30.5 Å². The second-order valence-electron chi connectivity index (χ2n) is 8.85. The summed E-state index contributed by atoms with van der Waals surface area (Å²) in [6.45, 7) is 5.63. The molecule has 1 amide bonds. The summed E-state index contributed by atoms with van der Waals surface area (Å²) in [6, 6.07) is 14.4. The number of aryl methyl sites for hydroxylation is 1. The first-order valence-corrected chi connectivity index (χ1v) is 11.7. The van der Waals surface area contributed by atoms with Gasteiger partial charge >= 0.3 is 0 Å². The molecular formula is C26H31N5O2. The van der Waals surface area contributed by atoms with Crippen LogP contribution in [0.5, 0.6) is 5.75 Å². The predicted octanol–water partition coefficient (Wildman–Crippen LogP) is 3.68. The Bertz CT molecular complexity index is 1120. The molecule has 3 heterocycles. The first-order chi connectivity index (χ1) is 16.1. The highest BCUT2D eigenvalue weighted by atomic mass is 16.5. The Morgan fingerprint density at radius 1 is 1.06 bits per heavy atom. The number of hydrogen-bond donors (Lipinski definition) is 1. The number of ether oxygens (including phenoxy) is 1. The number of methoxy groups -OCH3 is 1. The Morgan fingerprint density at radius 2 is 1.82 bits per heavy atom. The molecule has 7 nitrogen and oxygen atoms in total. The second-order valence-corrected chi connectivity index (χ2v) is 8.85. The zero-order valence-electron chi connectivity index (χ0n) is 19.3. The van der Waals surface area contributed by atoms with Crippen molar-refractivity contribution in [2.45, 2.75) is 38.8 Å². The van der Waals surface area contributed by atoms with Crippen molar-refractivity contribution >= 4 is 17.3 Å². The number of amides is 1. The largest absolute Gasteiger partial charge is 0.494 e. The molecule has 0 aliphatic carbocycles. The van der Waals surface area contributed by atoms with Gasteiger partial charge < -0.3 is 24.4 Å². The van der Waals surface area contributed by atoms with Crippen LogP contribution in [-0.2, 0) is 11.3 Å². The summed E-state index contributed by atoms with van der Waals surface area (Å²) in [7, 11) is 1.65. The van der Waals surface area contributed by atoms with Gasteiger partial charge in [0, 0.05) is 49.8 Å². The SMILES string of the molecule is COc1cc(N2CCC(NCc3ccc(N4CCCC4)cc3)C2=O)ccc1-n1cnc(C)c1. The van der Waals surface area contributed by atoms with E-state index in [0.717, 1.165) is 36.6 Å². The first-order valence-electron chi connectivity index (χ1n) is 11.7. The van der Waals surface area contributed by atoms with Crippen LogP contribution in [0, 0.1) is 6.92 Å². The lowest BCUT2D eigenvalue weighted by molar-refractivity contribution is -0.118. The fourth-order valence-electron chi connectivity index (χ4n) is 4.77. The van der Waals surface area contributed by atoms with Gasteiger partial charge in [-0.05, 0) is 56.0 Å². The van der Waals surface area contributed by atoms with Crippen LogP contribution in [0.15, 0.2) is 55.0 Å². The Balaban J connectivity index is 1.23. The number of anilines is 2. The number of aromatic nitrogens is 2. The molecule has 1 aromatic heterocycles. The van der Waals surface area contributed by atoms with E-state index in [2.05, 4.69) is 39.5 Å². The molecule has 2 aliphatic heterocycles. The van der Waals surface area contributed by atoms with Crippen molar-refractivity contribution in [2.75, 3.05) is 36.5 Å². The maximum Gasteiger partial charge on any atom is 0.244 e. The normalized spacial score (nSPS) is 18.4. The Hall–Kier alpha value is -3.32. The topological polar surface area (TPSA) is 62.6 Å². The Morgan fingerprint density at radius 3 is 2.52 bits per heavy atom. The van der Waals surface area contributed by atoms with E-state index >= 15 is 0 Å². The van der Waals surface area contributed by atoms with Crippen LogP contribution in [0.2, 0.25) is 0 Å². The fraction of sp³-hybridized carbons (Fsp3) is 0.385. The lowest BCUT2D eigenvalue weighted by Gasteiger charge is -2.20. The van der Waals surface area contributed by atoms with Gasteiger partial charge in [-0.2, -0.15) is 0 Å². The molecule has 0 saturated carbocycles. The van der Waals surface area contributed by atoms with Crippen molar-refractivity contribution < 1.29 is 9.53 Å². The molecule has 2 saturated heterocycles. The lowest BCUT2D eigenvalue weighted by atomic mass is 10.1. The van der Waals surface area contributed by atoms with Crippen LogP contribution in [0.3, 0.4) is 0 Å². The summed E-state index contributed by atoms with van der Waals surface area (Å²) in [5.41, 5.74) is 5.20. The minimum atomic E-state index is -0.176. The number of benzene rings is 2. The van der Waals surface area contributed by atoms with Gasteiger partial charge in [0.15, 0.2) is 0 Å². The number of imidazole rings is 1. The van der Waals surface area contributed by atoms with E-state index in [-0.39, 0.29) is 11.9 Å². The van der Waals surface area contributed by atoms with Crippen LogP contribution in [0.4, 0.5) is 11.4 Å². The van der Waals surface area contributed by atoms with Crippen molar-refractivity contribution in [1.29, 1.82) is 0 Å². The van der Waals surface area contributed by atoms with Gasteiger partial charge in [-0.15, -0.1) is 0 Å². The minimum Gasteiger partial charge on any atom is -0.494 e. The maximum absolute atomic E-state index is 13.1. The van der Waals surface area contributed by atoms with Crippen LogP contribution in [-0.4, -0.2) is 48.2 Å². The summed E-state index contributed by atoms with van der Waals surface area (Å²) < 4.78 is 7.55. The van der Waals surface area contributed by atoms with Crippen LogP contribution in [0.25, 0.3) is 5.69 Å². The highest BCUT2D eigenvalue weighted by Gasteiger charge is 2.32. The smallest absolute Gasteiger partial charge is 0.244 e. The molecule has 3 aromatic rings. The van der Waals surface area contributed by atoms with E-state index in [1.54, 1.807) is 13.4 Å². The van der Waals surface area contributed by atoms with Crippen LogP contribution >= 0.6 is 0 Å². The van der Waals surface area contributed by atoms with Gasteiger partial charge in [0.25, 0.3) is 0 Å². The zero-order valence-corrected chi connectivity index (χ0v) is 19.3. The minimum absolute atomic E-state index is 0.108. The Labute approximate surface area is 195 Å². The van der Waals surface area contributed by atoms with E-state index in [1.165, 1.54) is 24.1 Å². The van der Waals surface area contributed by atoms with E-state index in [1.807, 2.05) is 40.8 Å². The van der Waals surface area contributed by atoms with Gasteiger partial charge in [-0.25, -0.2) is 4.98 Å². The molecule has 0 radical (unpaired) electrons. The fourth-order valence-corrected chi connectivity index (χ4v) is 4.77. The monoisotopic (exact) mass is 445 g/mol. The average molecular weight is 446 g/mol. The number of hydrogen-bond acceptors (Lipinski definition) is 5. The number of carbonyl (C=O) groups excluding carboxylic acids is 1. The number of nitrogens with zero attached hydrogens (tertiary/aromatic N) is 4. The van der Waals surface area contributed by atoms with Gasteiger partial charge in [0.1, 0.15) is 5.75 Å². The zero-order chi connectivity index (χ0) is 22.8. The lowest BCUT2D eigenvalue weighted by Crippen LogP contribution is -2.38. The molecule has 1 unspecified atom stereocenters. The molecule has 0 bridgehead atoms. The summed E-state index contributed by atoms with van der Waals surface area (Å²) in [5, 5.41) is 3.46. The highest BCUT2D eigenvalue weighted by molar-refractivity contribution is 5.99. The van der Waals surface area contributed by atoms with Crippen LogP contribution < -0.4 is 19.9 Å². The predicted molar refractivity (Wildman–Crippen MR) is 130 cm³/mol. The van der Waals surface area contributed by atoms with E-state index < -0.39 is 0 Å². The molecule has 2 aromatic carbocycles. The van der Waals surface area contributed by atoms with Crippen molar-refractivity contribution in [2.24, 2.45) is 0 Å². The van der Waals surface area contributed by atoms with Gasteiger partial charge in [0.05, 0.1) is 30.9 Å². The second kappa shape index (κ2) is 9.27. The summed E-state index contributed by atoms with van der Waals surface area (Å²) in [5.74, 6) is 0.823. The first kappa shape index (κ1) is 21.5. The third kappa shape index (κ3) is 4.46. The van der Waals surface area contributed by atoms with E-state index in [4.69, 9.17) is 4.74 Å². The summed E-state index contributed by atoms with van der Waals surface area (Å²) in [4.78, 5) is 21.7. The molecule has 0 spiro atoms. The average Bonchev–Trinajstić information content (AvgIpc) is 3.60. The van der Waals surface area contributed by atoms with Crippen molar-refractivity contribution in [3.63, 3.8) is 0 Å². The van der Waals surface area contributed by atoms with Crippen molar-refractivity contribution in [3.05, 3.63) is 66.2 Å². The van der Waals surface area contributed by atoms with Gasteiger partial charge in [-0.1, -0.05) is 12.1 Å². The molecule has 7 heteroatoms. The number of carbonyl (C=O) groups is 1. The molecule has 1 N–H and O–H groups in total. The molecule has 33 heavy (non-hydrogen) atoms. The number of nitrogens with one attached hydrogen (secondary N) is 1. The molecule has 172 valence electrons. The molecule has 1 atom stereocenters. The molecule has 5 rings (SSSR count). The highest BCUT2D eigenvalue weighted by Crippen LogP contribution is 2.31. The van der Waals surface area contributed by atoms with E-state index in [0.29, 0.717) is 18.8 Å². The van der Waals surface area contributed by atoms with Crippen molar-refractivity contribution in [3.8, 4) is 11.4 Å². The third-order valence-electron chi connectivity index (χ3n) is 6.63. The third-order valence-corrected chi connectivity index (χ3v) is 6.63. The Kier molecular flexibility index (Phi) is 6.05. The number of rotatable bonds is 7.